The molecule has 8 heteroatoms. The van der Waals surface area contributed by atoms with Gasteiger partial charge in [0.25, 0.3) is 0 Å². The Balaban J connectivity index is 2.49. The van der Waals surface area contributed by atoms with Gasteiger partial charge in [-0.25, -0.2) is 0 Å². The molecule has 1 heterocycles. The van der Waals surface area contributed by atoms with Crippen LogP contribution in [0.4, 0.5) is 13.2 Å². The van der Waals surface area contributed by atoms with Gasteiger partial charge in [0, 0.05) is 38.3 Å². The predicted octanol–water partition coefficient (Wildman–Crippen LogP) is 1.51. The minimum absolute atomic E-state index is 0.353. The largest absolute Gasteiger partial charge is 0.390 e. The highest BCUT2D eigenvalue weighted by Crippen LogP contribution is 2.21. The van der Waals surface area contributed by atoms with Crippen LogP contribution in [0.5, 0.6) is 0 Å². The minimum atomic E-state index is -4.13. The van der Waals surface area contributed by atoms with Crippen molar-refractivity contribution in [2.24, 2.45) is 0 Å². The minimum Gasteiger partial charge on any atom is -0.315 e. The van der Waals surface area contributed by atoms with Gasteiger partial charge in [-0.2, -0.15) is 13.2 Å². The van der Waals surface area contributed by atoms with Gasteiger partial charge in [-0.1, -0.05) is 0 Å². The molecular weight excluding hydrogens is 343 g/mol. The molecule has 0 aliphatic carbocycles. The Morgan fingerprint density at radius 3 is 2.35 bits per heavy atom. The van der Waals surface area contributed by atoms with Crippen molar-refractivity contribution in [3.8, 4) is 0 Å². The zero-order valence-electron chi connectivity index (χ0n) is 16.7. The summed E-state index contributed by atoms with van der Waals surface area (Å²) < 4.78 is 38.3. The van der Waals surface area contributed by atoms with Crippen molar-refractivity contribution in [2.45, 2.75) is 50.9 Å². The molecule has 5 nitrogen and oxygen atoms in total. The van der Waals surface area contributed by atoms with E-state index in [9.17, 15) is 13.2 Å². The normalized spacial score (nSPS) is 28.4. The molecule has 1 saturated heterocycles. The van der Waals surface area contributed by atoms with Crippen molar-refractivity contribution in [1.29, 1.82) is 0 Å². The summed E-state index contributed by atoms with van der Waals surface area (Å²) in [7, 11) is 4.17. The molecule has 2 atom stereocenters. The molecule has 0 bridgehead atoms. The highest BCUT2D eigenvalue weighted by atomic mass is 19.4. The average Bonchev–Trinajstić information content (AvgIpc) is 2.55. The Labute approximate surface area is 157 Å². The van der Waals surface area contributed by atoms with Gasteiger partial charge in [0.15, 0.2) is 0 Å². The van der Waals surface area contributed by atoms with E-state index in [4.69, 9.17) is 0 Å². The van der Waals surface area contributed by atoms with Crippen molar-refractivity contribution >= 4 is 0 Å². The number of likely N-dealkylation sites (N-methyl/N-ethyl adjacent to an activating group) is 2. The van der Waals surface area contributed by atoms with E-state index in [2.05, 4.69) is 46.8 Å². The molecule has 156 valence electrons. The van der Waals surface area contributed by atoms with E-state index in [-0.39, 0.29) is 0 Å². The van der Waals surface area contributed by atoms with Gasteiger partial charge < -0.3 is 25.8 Å². The lowest BCUT2D eigenvalue weighted by atomic mass is 10.1. The van der Waals surface area contributed by atoms with Gasteiger partial charge in [0.1, 0.15) is 0 Å². The van der Waals surface area contributed by atoms with E-state index in [1.807, 2.05) is 0 Å². The van der Waals surface area contributed by atoms with E-state index in [1.54, 1.807) is 0 Å². The van der Waals surface area contributed by atoms with Crippen LogP contribution in [0.2, 0.25) is 0 Å². The molecule has 0 amide bonds. The fraction of sp³-hybridized carbons (Fsp3) is 1.00. The second-order valence-electron chi connectivity index (χ2n) is 7.57. The number of alkyl halides is 3. The average molecular weight is 382 g/mol. The second kappa shape index (κ2) is 12.9. The third kappa shape index (κ3) is 12.1. The summed E-state index contributed by atoms with van der Waals surface area (Å²) in [5, 5.41) is 9.78. The van der Waals surface area contributed by atoms with Crippen molar-refractivity contribution in [2.75, 3.05) is 66.5 Å². The fourth-order valence-electron chi connectivity index (χ4n) is 3.11. The molecule has 0 aromatic heterocycles. The molecule has 1 fully saturated rings. The zero-order chi connectivity index (χ0) is 19.4. The summed E-state index contributed by atoms with van der Waals surface area (Å²) in [5.41, 5.74) is 0. The third-order valence-corrected chi connectivity index (χ3v) is 5.00. The maximum atomic E-state index is 12.8. The van der Waals surface area contributed by atoms with Crippen molar-refractivity contribution in [3.63, 3.8) is 0 Å². The first-order valence-electron chi connectivity index (χ1n) is 9.88. The van der Waals surface area contributed by atoms with Gasteiger partial charge in [-0.05, 0) is 66.5 Å². The van der Waals surface area contributed by atoms with Gasteiger partial charge in [-0.3, -0.25) is 0 Å². The van der Waals surface area contributed by atoms with Crippen LogP contribution in [0.25, 0.3) is 0 Å². The van der Waals surface area contributed by atoms with E-state index >= 15 is 0 Å². The monoisotopic (exact) mass is 381 g/mol. The van der Waals surface area contributed by atoms with Gasteiger partial charge >= 0.3 is 6.18 Å². The van der Waals surface area contributed by atoms with Crippen LogP contribution in [0.15, 0.2) is 0 Å². The van der Waals surface area contributed by atoms with Gasteiger partial charge in [0.05, 0.1) is 6.42 Å². The molecule has 0 spiro atoms. The van der Waals surface area contributed by atoms with E-state index in [0.717, 1.165) is 52.0 Å². The number of nitrogens with zero attached hydrogens (tertiary/aromatic N) is 2. The standard InChI is InChI=1S/C18H38F3N5/c1-16-14-22-7-6-10-25(2)12-9-23-15-17(13-18(19,20)21)24-8-4-5-11-26(16)3/h16-17,22-24H,4-15H2,1-3H3. The van der Waals surface area contributed by atoms with Crippen LogP contribution >= 0.6 is 0 Å². The van der Waals surface area contributed by atoms with E-state index < -0.39 is 18.6 Å². The number of hydrogen-bond donors (Lipinski definition) is 3. The molecule has 1 rings (SSSR count). The lowest BCUT2D eigenvalue weighted by molar-refractivity contribution is -0.139. The quantitative estimate of drug-likeness (QED) is 0.643. The highest BCUT2D eigenvalue weighted by molar-refractivity contribution is 4.74. The van der Waals surface area contributed by atoms with Crippen LogP contribution < -0.4 is 16.0 Å². The number of nitrogens with one attached hydrogen (secondary N) is 3. The molecule has 3 N–H and O–H groups in total. The molecule has 0 aromatic rings. The van der Waals surface area contributed by atoms with Gasteiger partial charge in [0.2, 0.25) is 0 Å². The lowest BCUT2D eigenvalue weighted by Crippen LogP contribution is -2.44. The highest BCUT2D eigenvalue weighted by Gasteiger charge is 2.31. The van der Waals surface area contributed by atoms with Crippen LogP contribution in [0.1, 0.15) is 32.6 Å². The topological polar surface area (TPSA) is 42.6 Å². The number of hydrogen-bond acceptors (Lipinski definition) is 5. The third-order valence-electron chi connectivity index (χ3n) is 5.00. The predicted molar refractivity (Wildman–Crippen MR) is 102 cm³/mol. The molecule has 26 heavy (non-hydrogen) atoms. The zero-order valence-corrected chi connectivity index (χ0v) is 16.7. The summed E-state index contributed by atoms with van der Waals surface area (Å²) in [5.74, 6) is 0. The Morgan fingerprint density at radius 2 is 1.62 bits per heavy atom. The first kappa shape index (κ1) is 23.6. The molecule has 1 aliphatic rings. The first-order chi connectivity index (χ1) is 12.3. The van der Waals surface area contributed by atoms with Crippen molar-refractivity contribution in [3.05, 3.63) is 0 Å². The molecule has 2 unspecified atom stereocenters. The second-order valence-corrected chi connectivity index (χ2v) is 7.57. The summed E-state index contributed by atoms with van der Waals surface area (Å²) in [4.78, 5) is 4.54. The number of rotatable bonds is 1. The molecular formula is C18H38F3N5. The van der Waals surface area contributed by atoms with Crippen LogP contribution in [0, 0.1) is 0 Å². The Hall–Kier alpha value is -0.410. The Morgan fingerprint density at radius 1 is 0.885 bits per heavy atom. The maximum absolute atomic E-state index is 12.8. The summed E-state index contributed by atoms with van der Waals surface area (Å²) in [6.45, 7) is 8.66. The van der Waals surface area contributed by atoms with Crippen molar-refractivity contribution in [1.82, 2.24) is 25.8 Å². The van der Waals surface area contributed by atoms with E-state index in [0.29, 0.717) is 25.7 Å². The SMILES string of the molecule is CC1CNCCCN(C)CCNCC(CC(F)(F)F)NCCCCN1C. The van der Waals surface area contributed by atoms with Crippen LogP contribution in [-0.2, 0) is 0 Å². The summed E-state index contributed by atoms with van der Waals surface area (Å²) in [6.07, 6.45) is -1.95. The molecule has 0 radical (unpaired) electrons. The maximum Gasteiger partial charge on any atom is 0.390 e. The smallest absolute Gasteiger partial charge is 0.315 e. The first-order valence-corrected chi connectivity index (χ1v) is 9.88. The molecule has 0 saturated carbocycles. The lowest BCUT2D eigenvalue weighted by Gasteiger charge is -2.26. The van der Waals surface area contributed by atoms with Crippen LogP contribution in [-0.4, -0.2) is 94.5 Å². The Bertz CT molecular complexity index is 354. The molecule has 0 aromatic carbocycles. The van der Waals surface area contributed by atoms with Crippen molar-refractivity contribution < 1.29 is 13.2 Å². The summed E-state index contributed by atoms with van der Waals surface area (Å²) in [6, 6.07) is -0.0956. The van der Waals surface area contributed by atoms with Gasteiger partial charge in [-0.15, -0.1) is 0 Å². The summed E-state index contributed by atoms with van der Waals surface area (Å²) >= 11 is 0. The number of halogens is 3. The Kier molecular flexibility index (Phi) is 11.7. The molecule has 1 aliphatic heterocycles. The van der Waals surface area contributed by atoms with E-state index in [1.165, 1.54) is 0 Å². The fourth-order valence-corrected chi connectivity index (χ4v) is 3.11. The van der Waals surface area contributed by atoms with Crippen LogP contribution in [0.3, 0.4) is 0 Å².